The van der Waals surface area contributed by atoms with Gasteiger partial charge in [0.1, 0.15) is 0 Å². The SMILES string of the molecule is C/C(=C\n1c2c(c3cc(C)ccc31)CN(C)CC2)c1ccccc1. The minimum absolute atomic E-state index is 1.04. The fourth-order valence-electron chi connectivity index (χ4n) is 3.76. The van der Waals surface area contributed by atoms with Crippen LogP contribution in [0.25, 0.3) is 22.7 Å². The molecule has 122 valence electrons. The van der Waals surface area contributed by atoms with Crippen LogP contribution < -0.4 is 0 Å². The number of nitrogens with zero attached hydrogens (tertiary/aromatic N) is 2. The highest BCUT2D eigenvalue weighted by Gasteiger charge is 2.21. The van der Waals surface area contributed by atoms with Gasteiger partial charge in [-0.25, -0.2) is 0 Å². The lowest BCUT2D eigenvalue weighted by Crippen LogP contribution is -2.26. The lowest BCUT2D eigenvalue weighted by Gasteiger charge is -2.23. The van der Waals surface area contributed by atoms with E-state index >= 15 is 0 Å². The zero-order valence-electron chi connectivity index (χ0n) is 14.7. The number of benzene rings is 2. The third kappa shape index (κ3) is 2.57. The average molecular weight is 316 g/mol. The van der Waals surface area contributed by atoms with Gasteiger partial charge in [0.2, 0.25) is 0 Å². The van der Waals surface area contributed by atoms with Crippen molar-refractivity contribution in [2.24, 2.45) is 0 Å². The van der Waals surface area contributed by atoms with Crippen molar-refractivity contribution in [3.05, 3.63) is 70.9 Å². The molecule has 1 aromatic heterocycles. The van der Waals surface area contributed by atoms with Gasteiger partial charge in [0, 0.05) is 36.8 Å². The Bertz CT molecular complexity index is 916. The first kappa shape index (κ1) is 15.2. The van der Waals surface area contributed by atoms with Gasteiger partial charge in [0.05, 0.1) is 5.52 Å². The van der Waals surface area contributed by atoms with Gasteiger partial charge < -0.3 is 9.47 Å². The number of aromatic nitrogens is 1. The Balaban J connectivity index is 1.92. The molecule has 0 aliphatic carbocycles. The van der Waals surface area contributed by atoms with Gasteiger partial charge in [-0.2, -0.15) is 0 Å². The molecule has 0 saturated carbocycles. The third-order valence-electron chi connectivity index (χ3n) is 5.09. The molecule has 1 aliphatic rings. The van der Waals surface area contributed by atoms with Crippen LogP contribution in [0.5, 0.6) is 0 Å². The summed E-state index contributed by atoms with van der Waals surface area (Å²) in [6.07, 6.45) is 3.43. The Hall–Kier alpha value is -2.32. The quantitative estimate of drug-likeness (QED) is 0.649. The van der Waals surface area contributed by atoms with Crippen molar-refractivity contribution >= 4 is 22.7 Å². The Morgan fingerprint density at radius 1 is 1.08 bits per heavy atom. The molecule has 0 unspecified atom stereocenters. The number of fused-ring (bicyclic) bond motifs is 3. The van der Waals surface area contributed by atoms with E-state index in [1.807, 2.05) is 0 Å². The average Bonchev–Trinajstić information content (AvgIpc) is 2.88. The first-order valence-electron chi connectivity index (χ1n) is 8.68. The fourth-order valence-corrected chi connectivity index (χ4v) is 3.76. The summed E-state index contributed by atoms with van der Waals surface area (Å²) in [6, 6.07) is 17.5. The van der Waals surface area contributed by atoms with Crippen LogP contribution in [0.1, 0.15) is 29.3 Å². The molecule has 0 N–H and O–H groups in total. The Labute approximate surface area is 144 Å². The second-order valence-electron chi connectivity index (χ2n) is 6.98. The fraction of sp³-hybridized carbons (Fsp3) is 0.273. The highest BCUT2D eigenvalue weighted by Crippen LogP contribution is 2.32. The molecular weight excluding hydrogens is 292 g/mol. The predicted molar refractivity (Wildman–Crippen MR) is 103 cm³/mol. The van der Waals surface area contributed by atoms with E-state index in [0.717, 1.165) is 19.5 Å². The van der Waals surface area contributed by atoms with Gasteiger partial charge in [-0.3, -0.25) is 0 Å². The molecule has 0 atom stereocenters. The van der Waals surface area contributed by atoms with E-state index in [9.17, 15) is 0 Å². The highest BCUT2D eigenvalue weighted by molar-refractivity contribution is 5.90. The second-order valence-corrected chi connectivity index (χ2v) is 6.98. The van der Waals surface area contributed by atoms with Crippen LogP contribution in [0.4, 0.5) is 0 Å². The number of aryl methyl sites for hydroxylation is 1. The second kappa shape index (κ2) is 5.95. The van der Waals surface area contributed by atoms with E-state index in [-0.39, 0.29) is 0 Å². The Kier molecular flexibility index (Phi) is 3.78. The monoisotopic (exact) mass is 316 g/mol. The van der Waals surface area contributed by atoms with Crippen LogP contribution in [-0.4, -0.2) is 23.1 Å². The van der Waals surface area contributed by atoms with E-state index in [0.29, 0.717) is 0 Å². The van der Waals surface area contributed by atoms with Crippen molar-refractivity contribution in [2.75, 3.05) is 13.6 Å². The van der Waals surface area contributed by atoms with Gasteiger partial charge in [-0.1, -0.05) is 42.0 Å². The Morgan fingerprint density at radius 2 is 1.88 bits per heavy atom. The van der Waals surface area contributed by atoms with Crippen LogP contribution in [-0.2, 0) is 13.0 Å². The summed E-state index contributed by atoms with van der Waals surface area (Å²) in [6.45, 7) is 6.55. The van der Waals surface area contributed by atoms with E-state index in [4.69, 9.17) is 0 Å². The van der Waals surface area contributed by atoms with Crippen molar-refractivity contribution < 1.29 is 0 Å². The number of hydrogen-bond acceptors (Lipinski definition) is 1. The van der Waals surface area contributed by atoms with Crippen molar-refractivity contribution in [2.45, 2.75) is 26.8 Å². The summed E-state index contributed by atoms with van der Waals surface area (Å²) in [5.41, 5.74) is 8.22. The molecule has 2 nitrogen and oxygen atoms in total. The Morgan fingerprint density at radius 3 is 2.67 bits per heavy atom. The molecule has 0 bridgehead atoms. The van der Waals surface area contributed by atoms with Crippen molar-refractivity contribution in [1.29, 1.82) is 0 Å². The molecule has 2 aromatic carbocycles. The number of allylic oxidation sites excluding steroid dienone is 1. The summed E-state index contributed by atoms with van der Waals surface area (Å²) in [5.74, 6) is 0. The normalized spacial score (nSPS) is 15.7. The van der Waals surface area contributed by atoms with Crippen molar-refractivity contribution in [3.8, 4) is 0 Å². The molecule has 1 aliphatic heterocycles. The molecular formula is C22H24N2. The number of rotatable bonds is 2. The summed E-state index contributed by atoms with van der Waals surface area (Å²) in [5, 5.41) is 1.41. The lowest BCUT2D eigenvalue weighted by molar-refractivity contribution is 0.312. The summed E-state index contributed by atoms with van der Waals surface area (Å²) < 4.78 is 2.43. The maximum Gasteiger partial charge on any atom is 0.0529 e. The van der Waals surface area contributed by atoms with E-state index < -0.39 is 0 Å². The van der Waals surface area contributed by atoms with Crippen LogP contribution >= 0.6 is 0 Å². The molecule has 4 rings (SSSR count). The number of hydrogen-bond donors (Lipinski definition) is 0. The summed E-state index contributed by atoms with van der Waals surface area (Å²) in [7, 11) is 2.22. The first-order valence-corrected chi connectivity index (χ1v) is 8.68. The van der Waals surface area contributed by atoms with Crippen LogP contribution in [0.2, 0.25) is 0 Å². The van der Waals surface area contributed by atoms with E-state index in [1.54, 1.807) is 0 Å². The maximum absolute atomic E-state index is 2.43. The molecule has 0 radical (unpaired) electrons. The zero-order valence-corrected chi connectivity index (χ0v) is 14.7. The van der Waals surface area contributed by atoms with E-state index in [2.05, 4.69) is 85.1 Å². The summed E-state index contributed by atoms with van der Waals surface area (Å²) in [4.78, 5) is 2.42. The molecule has 2 heteroatoms. The molecule has 0 amide bonds. The zero-order chi connectivity index (χ0) is 16.7. The first-order chi connectivity index (χ1) is 11.6. The minimum Gasteiger partial charge on any atom is -0.320 e. The largest absolute Gasteiger partial charge is 0.320 e. The smallest absolute Gasteiger partial charge is 0.0529 e. The molecule has 2 heterocycles. The predicted octanol–water partition coefficient (Wildman–Crippen LogP) is 4.96. The maximum atomic E-state index is 2.43. The third-order valence-corrected chi connectivity index (χ3v) is 5.09. The molecule has 0 saturated heterocycles. The highest BCUT2D eigenvalue weighted by atomic mass is 15.1. The molecule has 0 spiro atoms. The minimum atomic E-state index is 1.04. The van der Waals surface area contributed by atoms with Gasteiger partial charge in [0.15, 0.2) is 0 Å². The molecule has 0 fully saturated rings. The standard InChI is InChI=1S/C22H24N2/c1-16-9-10-21-19(13-16)20-15-23(3)12-11-22(20)24(21)14-17(2)18-7-5-4-6-8-18/h4-10,13-14H,11-12,15H2,1-3H3/b17-14+. The van der Waals surface area contributed by atoms with E-state index in [1.165, 1.54) is 38.9 Å². The van der Waals surface area contributed by atoms with Crippen LogP contribution in [0.3, 0.4) is 0 Å². The van der Waals surface area contributed by atoms with Gasteiger partial charge in [0.25, 0.3) is 0 Å². The topological polar surface area (TPSA) is 8.17 Å². The number of likely N-dealkylation sites (N-methyl/N-ethyl adjacent to an activating group) is 1. The molecule has 24 heavy (non-hydrogen) atoms. The van der Waals surface area contributed by atoms with Gasteiger partial charge >= 0.3 is 0 Å². The lowest BCUT2D eigenvalue weighted by atomic mass is 10.0. The van der Waals surface area contributed by atoms with Crippen molar-refractivity contribution in [3.63, 3.8) is 0 Å². The summed E-state index contributed by atoms with van der Waals surface area (Å²) >= 11 is 0. The van der Waals surface area contributed by atoms with Crippen molar-refractivity contribution in [1.82, 2.24) is 9.47 Å². The van der Waals surface area contributed by atoms with Crippen LogP contribution in [0.15, 0.2) is 48.5 Å². The van der Waals surface area contributed by atoms with Crippen LogP contribution in [0, 0.1) is 6.92 Å². The van der Waals surface area contributed by atoms with Gasteiger partial charge in [-0.05, 0) is 49.7 Å². The van der Waals surface area contributed by atoms with Gasteiger partial charge in [-0.15, -0.1) is 0 Å². The molecule has 3 aromatic rings.